The van der Waals surface area contributed by atoms with Crippen LogP contribution in [0.2, 0.25) is 0 Å². The standard InChI is InChI=1S/C21H23N3O6/c1-3-28-18(25)12-29-19(26)13(2)14-6-10-17(11-7-14)30-20(27)15-4-8-16(9-5-15)24-21(22)23/h4-11,13H,3,12H2,1-2H3,(H4,22,23,24). The van der Waals surface area contributed by atoms with Crippen LogP contribution in [0.4, 0.5) is 5.69 Å². The number of rotatable bonds is 8. The van der Waals surface area contributed by atoms with Gasteiger partial charge in [-0.1, -0.05) is 12.1 Å². The van der Waals surface area contributed by atoms with Gasteiger partial charge >= 0.3 is 17.9 Å². The lowest BCUT2D eigenvalue weighted by Crippen LogP contribution is -2.21. The molecule has 2 rings (SSSR count). The second-order valence-electron chi connectivity index (χ2n) is 6.18. The summed E-state index contributed by atoms with van der Waals surface area (Å²) >= 11 is 0. The molecule has 4 N–H and O–H groups in total. The summed E-state index contributed by atoms with van der Waals surface area (Å²) in [5.74, 6) is -2.10. The van der Waals surface area contributed by atoms with E-state index in [4.69, 9.17) is 25.7 Å². The first-order chi connectivity index (χ1) is 14.3. The number of esters is 3. The highest BCUT2D eigenvalue weighted by Crippen LogP contribution is 2.22. The number of hydrogen-bond acceptors (Lipinski definition) is 7. The number of ether oxygens (including phenoxy) is 3. The summed E-state index contributed by atoms with van der Waals surface area (Å²) in [4.78, 5) is 39.4. The lowest BCUT2D eigenvalue weighted by molar-refractivity contribution is -0.159. The Morgan fingerprint density at radius 2 is 1.60 bits per heavy atom. The Kier molecular flexibility index (Phi) is 7.92. The quantitative estimate of drug-likeness (QED) is 0.289. The van der Waals surface area contributed by atoms with E-state index in [1.807, 2.05) is 0 Å². The fourth-order valence-electron chi connectivity index (χ4n) is 2.41. The van der Waals surface area contributed by atoms with E-state index in [2.05, 4.69) is 4.99 Å². The number of benzene rings is 2. The van der Waals surface area contributed by atoms with Crippen molar-refractivity contribution >= 4 is 29.6 Å². The predicted molar refractivity (Wildman–Crippen MR) is 109 cm³/mol. The summed E-state index contributed by atoms with van der Waals surface area (Å²) in [7, 11) is 0. The van der Waals surface area contributed by atoms with Crippen LogP contribution >= 0.6 is 0 Å². The van der Waals surface area contributed by atoms with Crippen LogP contribution < -0.4 is 16.2 Å². The van der Waals surface area contributed by atoms with Crippen molar-refractivity contribution in [3.05, 3.63) is 59.7 Å². The van der Waals surface area contributed by atoms with Gasteiger partial charge in [0, 0.05) is 0 Å². The summed E-state index contributed by atoms with van der Waals surface area (Å²) in [5, 5.41) is 0. The van der Waals surface area contributed by atoms with E-state index in [-0.39, 0.29) is 12.6 Å². The average Bonchev–Trinajstić information content (AvgIpc) is 2.72. The predicted octanol–water partition coefficient (Wildman–Crippen LogP) is 2.02. The van der Waals surface area contributed by atoms with E-state index >= 15 is 0 Å². The second-order valence-corrected chi connectivity index (χ2v) is 6.18. The molecule has 0 aliphatic rings. The van der Waals surface area contributed by atoms with Gasteiger partial charge in [0.25, 0.3) is 0 Å². The minimum Gasteiger partial charge on any atom is -0.463 e. The molecule has 1 unspecified atom stereocenters. The summed E-state index contributed by atoms with van der Waals surface area (Å²) < 4.78 is 15.0. The largest absolute Gasteiger partial charge is 0.463 e. The molecule has 158 valence electrons. The molecule has 0 aliphatic carbocycles. The third-order valence-corrected chi connectivity index (χ3v) is 3.94. The Balaban J connectivity index is 1.95. The van der Waals surface area contributed by atoms with Gasteiger partial charge < -0.3 is 25.7 Å². The van der Waals surface area contributed by atoms with Crippen LogP contribution in [-0.2, 0) is 19.1 Å². The van der Waals surface area contributed by atoms with E-state index in [9.17, 15) is 14.4 Å². The van der Waals surface area contributed by atoms with E-state index in [0.29, 0.717) is 22.6 Å². The Bertz CT molecular complexity index is 919. The molecule has 9 nitrogen and oxygen atoms in total. The number of guanidine groups is 1. The van der Waals surface area contributed by atoms with Crippen molar-refractivity contribution in [1.82, 2.24) is 0 Å². The molecular weight excluding hydrogens is 390 g/mol. The molecule has 0 bridgehead atoms. The lowest BCUT2D eigenvalue weighted by atomic mass is 10.0. The van der Waals surface area contributed by atoms with Crippen molar-refractivity contribution in [3.63, 3.8) is 0 Å². The van der Waals surface area contributed by atoms with Crippen LogP contribution in [0.5, 0.6) is 5.75 Å². The molecule has 1 atom stereocenters. The van der Waals surface area contributed by atoms with Gasteiger partial charge in [-0.05, 0) is 55.8 Å². The molecule has 0 saturated carbocycles. The fourth-order valence-corrected chi connectivity index (χ4v) is 2.41. The normalized spacial score (nSPS) is 11.1. The molecular formula is C21H23N3O6. The van der Waals surface area contributed by atoms with Gasteiger partial charge in [-0.25, -0.2) is 14.6 Å². The number of carbonyl (C=O) groups is 3. The highest BCUT2D eigenvalue weighted by Gasteiger charge is 2.19. The highest BCUT2D eigenvalue weighted by molar-refractivity contribution is 5.91. The number of nitrogens with zero attached hydrogens (tertiary/aromatic N) is 1. The van der Waals surface area contributed by atoms with Crippen LogP contribution in [0.1, 0.15) is 35.7 Å². The maximum atomic E-state index is 12.3. The number of carbonyl (C=O) groups excluding carboxylic acids is 3. The zero-order valence-electron chi connectivity index (χ0n) is 16.7. The first kappa shape index (κ1) is 22.4. The average molecular weight is 413 g/mol. The van der Waals surface area contributed by atoms with Gasteiger partial charge in [0.15, 0.2) is 12.6 Å². The van der Waals surface area contributed by atoms with Crippen molar-refractivity contribution < 1.29 is 28.6 Å². The Morgan fingerprint density at radius 1 is 0.967 bits per heavy atom. The molecule has 30 heavy (non-hydrogen) atoms. The Morgan fingerprint density at radius 3 is 2.17 bits per heavy atom. The minimum absolute atomic E-state index is 0.0792. The monoisotopic (exact) mass is 413 g/mol. The molecule has 2 aromatic carbocycles. The highest BCUT2D eigenvalue weighted by atomic mass is 16.6. The SMILES string of the molecule is CCOC(=O)COC(=O)C(C)c1ccc(OC(=O)c2ccc(N=C(N)N)cc2)cc1. The molecule has 0 aliphatic heterocycles. The maximum Gasteiger partial charge on any atom is 0.344 e. The molecule has 0 radical (unpaired) electrons. The van der Waals surface area contributed by atoms with Crippen molar-refractivity contribution in [2.45, 2.75) is 19.8 Å². The number of nitrogens with two attached hydrogens (primary N) is 2. The van der Waals surface area contributed by atoms with Crippen molar-refractivity contribution in [3.8, 4) is 5.75 Å². The van der Waals surface area contributed by atoms with Crippen molar-refractivity contribution in [2.24, 2.45) is 16.5 Å². The van der Waals surface area contributed by atoms with Crippen molar-refractivity contribution in [1.29, 1.82) is 0 Å². The summed E-state index contributed by atoms with van der Waals surface area (Å²) in [5.41, 5.74) is 12.1. The first-order valence-electron chi connectivity index (χ1n) is 9.14. The molecule has 2 aromatic rings. The maximum absolute atomic E-state index is 12.3. The molecule has 0 aromatic heterocycles. The number of aliphatic imine (C=N–C) groups is 1. The van der Waals surface area contributed by atoms with Gasteiger partial charge in [0.1, 0.15) is 5.75 Å². The smallest absolute Gasteiger partial charge is 0.344 e. The minimum atomic E-state index is -0.605. The van der Waals surface area contributed by atoms with Gasteiger partial charge in [0.05, 0.1) is 23.8 Å². The van der Waals surface area contributed by atoms with E-state index in [0.717, 1.165) is 0 Å². The van der Waals surface area contributed by atoms with Gasteiger partial charge in [0.2, 0.25) is 0 Å². The lowest BCUT2D eigenvalue weighted by Gasteiger charge is -2.12. The third-order valence-electron chi connectivity index (χ3n) is 3.94. The van der Waals surface area contributed by atoms with Crippen LogP contribution in [0.15, 0.2) is 53.5 Å². The zero-order chi connectivity index (χ0) is 22.1. The van der Waals surface area contributed by atoms with Crippen LogP contribution in [0.3, 0.4) is 0 Å². The van der Waals surface area contributed by atoms with Crippen LogP contribution in [-0.4, -0.2) is 37.1 Å². The third kappa shape index (κ3) is 6.62. The molecule has 0 spiro atoms. The zero-order valence-corrected chi connectivity index (χ0v) is 16.7. The summed E-state index contributed by atoms with van der Waals surface area (Å²) in [6, 6.07) is 12.7. The summed E-state index contributed by atoms with van der Waals surface area (Å²) in [6.45, 7) is 3.09. The van der Waals surface area contributed by atoms with E-state index in [1.54, 1.807) is 62.4 Å². The molecule has 0 heterocycles. The van der Waals surface area contributed by atoms with E-state index in [1.165, 1.54) is 0 Å². The molecule has 9 heteroatoms. The molecule has 0 saturated heterocycles. The van der Waals surface area contributed by atoms with E-state index < -0.39 is 30.4 Å². The summed E-state index contributed by atoms with van der Waals surface area (Å²) in [6.07, 6.45) is 0. The van der Waals surface area contributed by atoms with Crippen LogP contribution in [0, 0.1) is 0 Å². The van der Waals surface area contributed by atoms with Gasteiger partial charge in [-0.2, -0.15) is 0 Å². The Labute approximate surface area is 173 Å². The molecule has 0 fully saturated rings. The molecule has 0 amide bonds. The van der Waals surface area contributed by atoms with Gasteiger partial charge in [-0.15, -0.1) is 0 Å². The topological polar surface area (TPSA) is 143 Å². The second kappa shape index (κ2) is 10.6. The van der Waals surface area contributed by atoms with Crippen LogP contribution in [0.25, 0.3) is 0 Å². The van der Waals surface area contributed by atoms with Crippen molar-refractivity contribution in [2.75, 3.05) is 13.2 Å². The fraction of sp³-hybridized carbons (Fsp3) is 0.238. The number of hydrogen-bond donors (Lipinski definition) is 2. The first-order valence-corrected chi connectivity index (χ1v) is 9.14. The van der Waals surface area contributed by atoms with Gasteiger partial charge in [-0.3, -0.25) is 4.79 Å². The Hall–Kier alpha value is -3.88.